The van der Waals surface area contributed by atoms with Crippen molar-refractivity contribution in [3.8, 4) is 0 Å². The molecule has 0 radical (unpaired) electrons. The Morgan fingerprint density at radius 2 is 2.06 bits per heavy atom. The van der Waals surface area contributed by atoms with Gasteiger partial charge in [-0.25, -0.2) is 4.98 Å². The van der Waals surface area contributed by atoms with E-state index in [4.69, 9.17) is 11.6 Å². The molecule has 0 spiro atoms. The Hall–Kier alpha value is -1.21. The molecule has 0 bridgehead atoms. The maximum atomic E-state index is 12.3. The Morgan fingerprint density at radius 1 is 1.44 bits per heavy atom. The van der Waals surface area contributed by atoms with E-state index in [2.05, 4.69) is 10.3 Å². The first-order valence-electron chi connectivity index (χ1n) is 4.21. The van der Waals surface area contributed by atoms with Crippen LogP contribution >= 0.6 is 11.6 Å². The normalized spacial score (nSPS) is 13.4. The maximum absolute atomic E-state index is 12.3. The summed E-state index contributed by atoms with van der Waals surface area (Å²) in [5.74, 6) is 0. The van der Waals surface area contributed by atoms with E-state index in [9.17, 15) is 18.4 Å². The third-order valence-electron chi connectivity index (χ3n) is 1.84. The van der Waals surface area contributed by atoms with Crippen molar-refractivity contribution in [2.75, 3.05) is 10.8 Å². The van der Waals surface area contributed by atoms with E-state index in [0.29, 0.717) is 0 Å². The van der Waals surface area contributed by atoms with E-state index < -0.39 is 12.2 Å². The highest BCUT2D eigenvalue weighted by Gasteiger charge is 2.36. The van der Waals surface area contributed by atoms with Gasteiger partial charge < -0.3 is 16.0 Å². The number of pyridine rings is 1. The Kier molecular flexibility index (Phi) is 3.82. The lowest BCUT2D eigenvalue weighted by Crippen LogP contribution is -2.33. The molecule has 1 aromatic rings. The molecule has 0 saturated carbocycles. The highest BCUT2D eigenvalue weighted by atomic mass is 35.5. The van der Waals surface area contributed by atoms with Crippen molar-refractivity contribution in [2.24, 2.45) is 0 Å². The third-order valence-corrected chi connectivity index (χ3v) is 2.05. The number of nitrogens with zero attached hydrogens (tertiary/aromatic N) is 1. The summed E-state index contributed by atoms with van der Waals surface area (Å²) in [6.07, 6.45) is -3.35. The molecule has 16 heavy (non-hydrogen) atoms. The largest absolute Gasteiger partial charge is 0.761 e. The van der Waals surface area contributed by atoms with Gasteiger partial charge in [0, 0.05) is 6.07 Å². The number of hydrogen-bond donors (Lipinski definition) is 2. The van der Waals surface area contributed by atoms with Crippen molar-refractivity contribution >= 4 is 23.0 Å². The highest BCUT2D eigenvalue weighted by Crippen LogP contribution is 2.28. The van der Waals surface area contributed by atoms with Crippen LogP contribution in [0.1, 0.15) is 6.92 Å². The highest BCUT2D eigenvalue weighted by molar-refractivity contribution is 6.29. The van der Waals surface area contributed by atoms with Crippen LogP contribution in [-0.2, 0) is 0 Å². The number of aromatic nitrogens is 1. The number of hydrogen-bond acceptors (Lipinski definition) is 4. The summed E-state index contributed by atoms with van der Waals surface area (Å²) in [6.45, 7) is 0.933. The summed E-state index contributed by atoms with van der Waals surface area (Å²) in [5, 5.41) is 12.6. The van der Waals surface area contributed by atoms with Gasteiger partial charge in [-0.2, -0.15) is 13.2 Å². The number of anilines is 2. The van der Waals surface area contributed by atoms with Gasteiger partial charge in [-0.15, -0.1) is 0 Å². The zero-order valence-corrected chi connectivity index (χ0v) is 8.86. The quantitative estimate of drug-likeness (QED) is 0.643. The van der Waals surface area contributed by atoms with Crippen LogP contribution in [0, 0.1) is 5.21 Å². The van der Waals surface area contributed by atoms with Gasteiger partial charge in [0.2, 0.25) is 0 Å². The molecule has 8 heteroatoms. The Balaban J connectivity index is 2.91. The van der Waals surface area contributed by atoms with Gasteiger partial charge >= 0.3 is 6.18 Å². The van der Waals surface area contributed by atoms with Gasteiger partial charge in [0.1, 0.15) is 11.2 Å². The average Bonchev–Trinajstić information content (AvgIpc) is 2.16. The van der Waals surface area contributed by atoms with E-state index in [1.54, 1.807) is 0 Å². The van der Waals surface area contributed by atoms with Crippen molar-refractivity contribution in [2.45, 2.75) is 19.1 Å². The number of nitrogens with one attached hydrogen (secondary N) is 2. The molecule has 4 nitrogen and oxygen atoms in total. The Bertz CT molecular complexity index is 372. The summed E-state index contributed by atoms with van der Waals surface area (Å²) in [5.41, 5.74) is 1.34. The maximum Gasteiger partial charge on any atom is 0.408 e. The van der Waals surface area contributed by atoms with Crippen LogP contribution in [0.5, 0.6) is 0 Å². The zero-order valence-electron chi connectivity index (χ0n) is 8.10. The zero-order chi connectivity index (χ0) is 12.3. The minimum absolute atomic E-state index is 0.00382. The van der Waals surface area contributed by atoms with Crippen molar-refractivity contribution in [1.29, 1.82) is 0 Å². The first-order chi connectivity index (χ1) is 7.34. The van der Waals surface area contributed by atoms with Crippen LogP contribution in [0.25, 0.3) is 0 Å². The van der Waals surface area contributed by atoms with Crippen molar-refractivity contribution < 1.29 is 13.2 Å². The topological polar surface area (TPSA) is 60.0 Å². The van der Waals surface area contributed by atoms with Crippen LogP contribution in [0.4, 0.5) is 24.5 Å². The summed E-state index contributed by atoms with van der Waals surface area (Å²) in [4.78, 5) is 3.56. The van der Waals surface area contributed by atoms with Crippen molar-refractivity contribution in [3.05, 3.63) is 22.6 Å². The molecule has 2 N–H and O–H groups in total. The molecule has 0 saturated heterocycles. The van der Waals surface area contributed by atoms with Gasteiger partial charge in [-0.3, -0.25) is 0 Å². The van der Waals surface area contributed by atoms with Gasteiger partial charge in [0.05, 0.1) is 17.6 Å². The molecule has 0 aliphatic heterocycles. The molecular formula is C8H8ClF3N3O-. The van der Waals surface area contributed by atoms with E-state index in [1.165, 1.54) is 5.48 Å². The molecule has 0 aliphatic rings. The lowest BCUT2D eigenvalue weighted by molar-refractivity contribution is -0.138. The average molecular weight is 255 g/mol. The Morgan fingerprint density at radius 3 is 2.56 bits per heavy atom. The van der Waals surface area contributed by atoms with Crippen molar-refractivity contribution in [3.63, 3.8) is 0 Å². The smallest absolute Gasteiger partial charge is 0.408 e. The second kappa shape index (κ2) is 4.75. The van der Waals surface area contributed by atoms with Crippen LogP contribution in [0.15, 0.2) is 12.3 Å². The molecule has 1 aromatic heterocycles. The summed E-state index contributed by atoms with van der Waals surface area (Å²) >= 11 is 5.51. The summed E-state index contributed by atoms with van der Waals surface area (Å²) in [6, 6.07) is -0.651. The van der Waals surface area contributed by atoms with Gasteiger partial charge in [-0.1, -0.05) is 11.6 Å². The second-order valence-corrected chi connectivity index (χ2v) is 3.45. The molecular weight excluding hydrogens is 247 g/mol. The fraction of sp³-hybridized carbons (Fsp3) is 0.375. The Labute approximate surface area is 94.4 Å². The van der Waals surface area contributed by atoms with E-state index in [0.717, 1.165) is 19.2 Å². The van der Waals surface area contributed by atoms with Gasteiger partial charge in [-0.05, 0) is 6.92 Å². The minimum Gasteiger partial charge on any atom is -0.761 e. The molecule has 1 unspecified atom stereocenters. The molecule has 0 fully saturated rings. The first-order valence-corrected chi connectivity index (χ1v) is 4.59. The fourth-order valence-corrected chi connectivity index (χ4v) is 1.10. The predicted octanol–water partition coefficient (Wildman–Crippen LogP) is 3.01. The van der Waals surface area contributed by atoms with E-state index in [-0.39, 0.29) is 16.5 Å². The first kappa shape index (κ1) is 12.9. The lowest BCUT2D eigenvalue weighted by Gasteiger charge is -2.22. The van der Waals surface area contributed by atoms with Crippen LogP contribution in [0.3, 0.4) is 0 Å². The predicted molar refractivity (Wildman–Crippen MR) is 55.4 cm³/mol. The molecule has 1 heterocycles. The number of halogens is 4. The standard InChI is InChI=1S/C8H8ClF3N3O/c1-4(8(10,11)12)14-5-2-7(9)13-3-6(5)15-16/h2-4,15H,1H3,(H,13,14)/q-1. The lowest BCUT2D eigenvalue weighted by atomic mass is 10.2. The second-order valence-electron chi connectivity index (χ2n) is 3.06. The molecule has 1 atom stereocenters. The van der Waals surface area contributed by atoms with Crippen LogP contribution in [0.2, 0.25) is 5.15 Å². The molecule has 90 valence electrons. The minimum atomic E-state index is -4.41. The fourth-order valence-electron chi connectivity index (χ4n) is 0.946. The molecule has 1 rings (SSSR count). The summed E-state index contributed by atoms with van der Waals surface area (Å²) in [7, 11) is 0. The molecule has 0 aromatic carbocycles. The van der Waals surface area contributed by atoms with Gasteiger partial charge in [0.15, 0.2) is 0 Å². The van der Waals surface area contributed by atoms with Crippen LogP contribution in [-0.4, -0.2) is 17.2 Å². The monoisotopic (exact) mass is 254 g/mol. The third kappa shape index (κ3) is 3.14. The van der Waals surface area contributed by atoms with Crippen molar-refractivity contribution in [1.82, 2.24) is 4.98 Å². The SMILES string of the molecule is CC(Nc1cc(Cl)ncc1N[O-])C(F)(F)F. The number of alkyl halides is 3. The van der Waals surface area contributed by atoms with E-state index in [1.807, 2.05) is 0 Å². The molecule has 0 amide bonds. The van der Waals surface area contributed by atoms with Gasteiger partial charge in [0.25, 0.3) is 0 Å². The van der Waals surface area contributed by atoms with Crippen LogP contribution < -0.4 is 10.8 Å². The number of rotatable bonds is 3. The van der Waals surface area contributed by atoms with E-state index >= 15 is 0 Å². The summed E-state index contributed by atoms with van der Waals surface area (Å²) < 4.78 is 36.8. The molecule has 0 aliphatic carbocycles.